The lowest BCUT2D eigenvalue weighted by molar-refractivity contribution is 0.0498. The van der Waals surface area contributed by atoms with E-state index in [4.69, 9.17) is 26.2 Å². The van der Waals surface area contributed by atoms with Crippen LogP contribution in [0.5, 0.6) is 5.75 Å². The molecule has 1 aromatic carbocycles. The second kappa shape index (κ2) is 12.9. The Morgan fingerprint density at radius 3 is 2.59 bits per heavy atom. The van der Waals surface area contributed by atoms with Gasteiger partial charge in [-0.15, -0.1) is 0 Å². The summed E-state index contributed by atoms with van der Waals surface area (Å²) in [5.74, 6) is 0.233. The van der Waals surface area contributed by atoms with E-state index in [1.54, 1.807) is 18.2 Å². The average molecular weight is 604 g/mol. The van der Waals surface area contributed by atoms with Crippen LogP contribution >= 0.6 is 34.2 Å². The van der Waals surface area contributed by atoms with Gasteiger partial charge >= 0.3 is 5.97 Å². The lowest BCUT2D eigenvalue weighted by Crippen LogP contribution is -2.50. The minimum Gasteiger partial charge on any atom is -0.491 e. The molecule has 0 unspecified atom stereocenters. The summed E-state index contributed by atoms with van der Waals surface area (Å²) >= 11 is 8.46. The number of benzene rings is 1. The summed E-state index contributed by atoms with van der Waals surface area (Å²) in [5.41, 5.74) is 1.82. The van der Waals surface area contributed by atoms with E-state index < -0.39 is 9.58 Å². The maximum Gasteiger partial charge on any atom is 0.339 e. The van der Waals surface area contributed by atoms with Gasteiger partial charge in [0.25, 0.3) is 0 Å². The highest BCUT2D eigenvalue weighted by Gasteiger charge is 2.32. The smallest absolute Gasteiger partial charge is 0.339 e. The molecule has 1 aromatic heterocycles. The number of alkyl halides is 1. The van der Waals surface area contributed by atoms with Crippen LogP contribution in [0.4, 0.5) is 5.69 Å². The molecule has 0 spiro atoms. The molecule has 10 heteroatoms. The van der Waals surface area contributed by atoms with Gasteiger partial charge in [-0.05, 0) is 53.3 Å². The number of nitrogens with zero attached hydrogens (tertiary/aromatic N) is 3. The van der Waals surface area contributed by atoms with Gasteiger partial charge in [0, 0.05) is 45.0 Å². The quantitative estimate of drug-likeness (QED) is 0.175. The first-order valence-corrected chi connectivity index (χ1v) is 12.8. The van der Waals surface area contributed by atoms with Crippen molar-refractivity contribution in [2.24, 2.45) is 0 Å². The molecule has 0 bridgehead atoms. The van der Waals surface area contributed by atoms with Crippen LogP contribution in [0, 0.1) is 0 Å². The summed E-state index contributed by atoms with van der Waals surface area (Å²) in [7, 11) is 0. The fourth-order valence-electron chi connectivity index (χ4n) is 3.66. The highest BCUT2D eigenvalue weighted by atomic mass is 127. The Balaban J connectivity index is 1.53. The number of pyridine rings is 1. The molecule has 1 aliphatic rings. The van der Waals surface area contributed by atoms with Crippen LogP contribution in [-0.2, 0) is 8.34 Å². The fraction of sp³-hybridized carbons (Fsp3) is 0.500. The minimum atomic E-state index is -1.19. The number of anilines is 1. The van der Waals surface area contributed by atoms with Gasteiger partial charge < -0.3 is 24.6 Å². The number of unbranched alkanes of at least 4 members (excludes halogenated alkanes) is 1. The van der Waals surface area contributed by atoms with Gasteiger partial charge in [0.15, 0.2) is 3.61 Å². The second-order valence-electron chi connectivity index (χ2n) is 8.13. The van der Waals surface area contributed by atoms with Crippen molar-refractivity contribution in [1.82, 2.24) is 9.88 Å². The number of carbonyl (C=O) groups excluding carboxylic acids is 1. The van der Waals surface area contributed by atoms with Crippen LogP contribution in [0.2, 0.25) is 5.02 Å². The van der Waals surface area contributed by atoms with Gasteiger partial charge in [-0.1, -0.05) is 24.9 Å². The van der Waals surface area contributed by atoms with Crippen molar-refractivity contribution in [1.29, 1.82) is 0 Å². The number of piperazine rings is 1. The molecule has 1 saturated heterocycles. The lowest BCUT2D eigenvalue weighted by atomic mass is 10.1. The van der Waals surface area contributed by atoms with Gasteiger partial charge in [0.2, 0.25) is 0 Å². The highest BCUT2D eigenvalue weighted by Crippen LogP contribution is 2.32. The summed E-state index contributed by atoms with van der Waals surface area (Å²) in [6, 6.07) is 8.87. The van der Waals surface area contributed by atoms with Crippen molar-refractivity contribution >= 4 is 45.8 Å². The summed E-state index contributed by atoms with van der Waals surface area (Å²) < 4.78 is 9.44. The van der Waals surface area contributed by atoms with Crippen LogP contribution in [0.15, 0.2) is 36.5 Å². The van der Waals surface area contributed by atoms with Crippen molar-refractivity contribution in [3.8, 4) is 5.75 Å². The first-order valence-electron chi connectivity index (χ1n) is 11.4. The predicted molar refractivity (Wildman–Crippen MR) is 140 cm³/mol. The number of aromatic nitrogens is 1. The third-order valence-corrected chi connectivity index (χ3v) is 6.74. The monoisotopic (exact) mass is 603 g/mol. The molecule has 0 saturated carbocycles. The van der Waals surface area contributed by atoms with Crippen LogP contribution in [0.1, 0.15) is 35.8 Å². The van der Waals surface area contributed by atoms with E-state index in [1.807, 2.05) is 41.6 Å². The van der Waals surface area contributed by atoms with E-state index in [0.29, 0.717) is 35.2 Å². The van der Waals surface area contributed by atoms with Gasteiger partial charge in [-0.25, -0.2) is 4.79 Å². The third kappa shape index (κ3) is 7.42. The molecule has 8 nitrogen and oxygen atoms in total. The molecule has 3 rings (SSSR count). The molecule has 0 amide bonds. The molecule has 2 heterocycles. The lowest BCUT2D eigenvalue weighted by Gasteiger charge is -2.38. The number of carbonyl (C=O) groups is 1. The van der Waals surface area contributed by atoms with Crippen LogP contribution in [0.25, 0.3) is 0 Å². The van der Waals surface area contributed by atoms with Gasteiger partial charge in [-0.3, -0.25) is 9.88 Å². The van der Waals surface area contributed by atoms with E-state index >= 15 is 0 Å². The zero-order valence-corrected chi connectivity index (χ0v) is 22.2. The van der Waals surface area contributed by atoms with Crippen LogP contribution < -0.4 is 9.64 Å². The molecule has 1 atom stereocenters. The van der Waals surface area contributed by atoms with Crippen molar-refractivity contribution in [2.45, 2.75) is 23.4 Å². The van der Waals surface area contributed by atoms with Crippen LogP contribution in [-0.4, -0.2) is 78.6 Å². The van der Waals surface area contributed by atoms with E-state index in [9.17, 15) is 9.90 Å². The standard InChI is InChI=1S/C24H31ClIN3O5/c1-2-3-13-34-23(31)18-4-7-22(27-16-18)24(26,32)17-28-8-10-29(11-9-28)21-6-5-19(15-20(21)25)33-14-12-30/h4-7,15-16,30,32H,2-3,8-14,17H2,1H3/t24-/m1/s1. The second-order valence-corrected chi connectivity index (χ2v) is 10.3. The zero-order valence-electron chi connectivity index (χ0n) is 19.3. The number of aliphatic hydroxyl groups excluding tert-OH is 1. The molecule has 0 radical (unpaired) electrons. The van der Waals surface area contributed by atoms with Crippen molar-refractivity contribution in [3.05, 3.63) is 52.8 Å². The fourth-order valence-corrected chi connectivity index (χ4v) is 4.75. The first-order chi connectivity index (χ1) is 16.3. The van der Waals surface area contributed by atoms with Gasteiger partial charge in [-0.2, -0.15) is 0 Å². The molecule has 1 aliphatic heterocycles. The Labute approximate surface area is 219 Å². The normalized spacial score (nSPS) is 16.2. The molecule has 2 N–H and O–H groups in total. The predicted octanol–water partition coefficient (Wildman–Crippen LogP) is 3.47. The van der Waals surface area contributed by atoms with E-state index in [1.165, 1.54) is 6.20 Å². The number of β-amino-alcohol motifs (C(OH)–C–C–N with tert-alkyl or cyclic N) is 1. The van der Waals surface area contributed by atoms with E-state index in [0.717, 1.165) is 44.7 Å². The summed E-state index contributed by atoms with van der Waals surface area (Å²) in [5, 5.41) is 20.6. The number of aliphatic hydroxyl groups is 2. The summed E-state index contributed by atoms with van der Waals surface area (Å²) in [4.78, 5) is 20.8. The largest absolute Gasteiger partial charge is 0.491 e. The van der Waals surface area contributed by atoms with Crippen molar-refractivity contribution in [3.63, 3.8) is 0 Å². The van der Waals surface area contributed by atoms with Crippen molar-refractivity contribution < 1.29 is 24.5 Å². The number of esters is 1. The minimum absolute atomic E-state index is 0.0459. The van der Waals surface area contributed by atoms with Gasteiger partial charge in [0.1, 0.15) is 12.4 Å². The molecule has 2 aromatic rings. The third-order valence-electron chi connectivity index (χ3n) is 5.55. The molecule has 186 valence electrons. The summed E-state index contributed by atoms with van der Waals surface area (Å²) in [6.45, 7) is 6.07. The van der Waals surface area contributed by atoms with Crippen molar-refractivity contribution in [2.75, 3.05) is 57.4 Å². The van der Waals surface area contributed by atoms with Gasteiger partial charge in [0.05, 0.1) is 35.2 Å². The molecular weight excluding hydrogens is 573 g/mol. The Morgan fingerprint density at radius 2 is 1.97 bits per heavy atom. The first kappa shape index (κ1) is 26.9. The van der Waals surface area contributed by atoms with Crippen LogP contribution in [0.3, 0.4) is 0 Å². The van der Waals surface area contributed by atoms with E-state index in [-0.39, 0.29) is 13.2 Å². The molecule has 1 fully saturated rings. The van der Waals surface area contributed by atoms with E-state index in [2.05, 4.69) is 14.8 Å². The Kier molecular flexibility index (Phi) is 10.2. The summed E-state index contributed by atoms with van der Waals surface area (Å²) in [6.07, 6.45) is 3.25. The Morgan fingerprint density at radius 1 is 1.21 bits per heavy atom. The molecule has 0 aliphatic carbocycles. The maximum atomic E-state index is 12.1. The molecular formula is C24H31ClIN3O5. The number of hydrogen-bond acceptors (Lipinski definition) is 8. The topological polar surface area (TPSA) is 95.4 Å². The number of rotatable bonds is 11. The number of halogens is 2. The Hall–Kier alpha value is -1.66. The zero-order chi connectivity index (χ0) is 24.6. The Bertz CT molecular complexity index is 937. The SMILES string of the molecule is CCCCOC(=O)c1ccc([C@@](O)(I)CN2CCN(c3ccc(OCCO)cc3Cl)CC2)nc1. The highest BCUT2D eigenvalue weighted by molar-refractivity contribution is 14.1. The average Bonchev–Trinajstić information content (AvgIpc) is 2.83. The number of ether oxygens (including phenoxy) is 2. The number of hydrogen-bond donors (Lipinski definition) is 2. The molecule has 34 heavy (non-hydrogen) atoms. The maximum absolute atomic E-state index is 12.1.